The van der Waals surface area contributed by atoms with E-state index in [1.165, 1.54) is 12.1 Å². The average Bonchev–Trinajstić information content (AvgIpc) is 2.55. The van der Waals surface area contributed by atoms with Gasteiger partial charge in [-0.2, -0.15) is 0 Å². The van der Waals surface area contributed by atoms with Crippen LogP contribution in [0.4, 0.5) is 8.78 Å². The summed E-state index contributed by atoms with van der Waals surface area (Å²) in [4.78, 5) is 0. The van der Waals surface area contributed by atoms with E-state index < -0.39 is 11.6 Å². The Morgan fingerprint density at radius 1 is 0.696 bits per heavy atom. The molecule has 0 aliphatic rings. The summed E-state index contributed by atoms with van der Waals surface area (Å²) in [6.45, 7) is 1.64. The van der Waals surface area contributed by atoms with E-state index in [4.69, 9.17) is 0 Å². The Bertz CT molecular complexity index is 860. The first-order valence-corrected chi connectivity index (χ1v) is 7.26. The first-order chi connectivity index (χ1) is 11.1. The minimum Gasteiger partial charge on any atom is -0.206 e. The van der Waals surface area contributed by atoms with Gasteiger partial charge in [-0.3, -0.25) is 0 Å². The van der Waals surface area contributed by atoms with Crippen LogP contribution in [0, 0.1) is 30.4 Å². The predicted molar refractivity (Wildman–Crippen MR) is 89.0 cm³/mol. The van der Waals surface area contributed by atoms with Crippen LogP contribution in [0.15, 0.2) is 66.7 Å². The highest BCUT2D eigenvalue weighted by molar-refractivity contribution is 5.64. The zero-order chi connectivity index (χ0) is 16.2. The second-order valence-electron chi connectivity index (χ2n) is 5.30. The Balaban J connectivity index is 1.88. The fraction of sp³-hybridized carbons (Fsp3) is 0.0476. The molecule has 0 amide bonds. The molecule has 112 valence electrons. The third kappa shape index (κ3) is 3.46. The molecule has 0 fully saturated rings. The third-order valence-corrected chi connectivity index (χ3v) is 3.51. The molecule has 0 spiro atoms. The lowest BCUT2D eigenvalue weighted by molar-refractivity contribution is 0.575. The highest BCUT2D eigenvalue weighted by atomic mass is 19.1. The van der Waals surface area contributed by atoms with Gasteiger partial charge >= 0.3 is 0 Å². The molecule has 0 unspecified atom stereocenters. The number of benzene rings is 3. The molecule has 0 aliphatic carbocycles. The summed E-state index contributed by atoms with van der Waals surface area (Å²) in [5, 5.41) is 0. The van der Waals surface area contributed by atoms with E-state index in [-0.39, 0.29) is 5.56 Å². The molecule has 0 aromatic heterocycles. The third-order valence-electron chi connectivity index (χ3n) is 3.51. The molecule has 2 heteroatoms. The van der Waals surface area contributed by atoms with Gasteiger partial charge in [0.15, 0.2) is 0 Å². The monoisotopic (exact) mass is 304 g/mol. The van der Waals surface area contributed by atoms with Crippen molar-refractivity contribution in [3.8, 4) is 23.0 Å². The quantitative estimate of drug-likeness (QED) is 0.532. The van der Waals surface area contributed by atoms with Crippen molar-refractivity contribution in [2.75, 3.05) is 0 Å². The molecule has 0 nitrogen and oxygen atoms in total. The second kappa shape index (κ2) is 6.46. The van der Waals surface area contributed by atoms with Crippen LogP contribution in [0.1, 0.15) is 16.7 Å². The summed E-state index contributed by atoms with van der Waals surface area (Å²) >= 11 is 0. The van der Waals surface area contributed by atoms with Gasteiger partial charge in [-0.15, -0.1) is 0 Å². The molecular formula is C21H14F2. The Hall–Kier alpha value is -2.92. The lowest BCUT2D eigenvalue weighted by atomic mass is 10.0. The van der Waals surface area contributed by atoms with Crippen LogP contribution in [0.5, 0.6) is 0 Å². The molecule has 3 aromatic rings. The minimum absolute atomic E-state index is 0.192. The summed E-state index contributed by atoms with van der Waals surface area (Å²) in [5.74, 6) is 4.14. The molecule has 0 saturated carbocycles. The molecule has 0 atom stereocenters. The highest BCUT2D eigenvalue weighted by Gasteiger charge is 2.07. The fourth-order valence-electron chi connectivity index (χ4n) is 2.33. The maximum absolute atomic E-state index is 13.8. The Kier molecular flexibility index (Phi) is 4.21. The summed E-state index contributed by atoms with van der Waals surface area (Å²) in [6.07, 6.45) is 0. The summed E-state index contributed by atoms with van der Waals surface area (Å²) in [5.41, 5.74) is 3.25. The first kappa shape index (κ1) is 15.0. The van der Waals surface area contributed by atoms with Crippen molar-refractivity contribution < 1.29 is 8.78 Å². The van der Waals surface area contributed by atoms with Gasteiger partial charge in [0.1, 0.15) is 11.6 Å². The smallest absolute Gasteiger partial charge is 0.142 e. The molecule has 0 saturated heterocycles. The van der Waals surface area contributed by atoms with Crippen LogP contribution in [-0.4, -0.2) is 0 Å². The van der Waals surface area contributed by atoms with Crippen LogP contribution in [0.3, 0.4) is 0 Å². The molecule has 23 heavy (non-hydrogen) atoms. The molecule has 0 bridgehead atoms. The van der Waals surface area contributed by atoms with Gasteiger partial charge in [0.25, 0.3) is 0 Å². The van der Waals surface area contributed by atoms with Crippen LogP contribution < -0.4 is 0 Å². The van der Waals surface area contributed by atoms with Gasteiger partial charge < -0.3 is 0 Å². The van der Waals surface area contributed by atoms with Crippen molar-refractivity contribution in [1.29, 1.82) is 0 Å². The SMILES string of the molecule is Cc1cc(F)c(C#Cc2ccc(-c3ccccc3)cc2)c(F)c1. The molecule has 3 rings (SSSR count). The largest absolute Gasteiger partial charge is 0.206 e. The average molecular weight is 304 g/mol. The van der Waals surface area contributed by atoms with Crippen molar-refractivity contribution in [1.82, 2.24) is 0 Å². The highest BCUT2D eigenvalue weighted by Crippen LogP contribution is 2.19. The van der Waals surface area contributed by atoms with Gasteiger partial charge in [-0.1, -0.05) is 54.3 Å². The van der Waals surface area contributed by atoms with Crippen molar-refractivity contribution in [3.63, 3.8) is 0 Å². The molecule has 0 aliphatic heterocycles. The standard InChI is InChI=1S/C21H14F2/c1-15-13-20(22)19(21(23)14-15)12-9-16-7-10-18(11-8-16)17-5-3-2-4-6-17/h2-8,10-11,13-14H,1H3. The Morgan fingerprint density at radius 2 is 1.26 bits per heavy atom. The fourth-order valence-corrected chi connectivity index (χ4v) is 2.33. The number of hydrogen-bond donors (Lipinski definition) is 0. The molecule has 0 heterocycles. The van der Waals surface area contributed by atoms with Crippen LogP contribution in [0.25, 0.3) is 11.1 Å². The Labute approximate surface area is 134 Å². The van der Waals surface area contributed by atoms with E-state index in [2.05, 4.69) is 11.8 Å². The normalized spacial score (nSPS) is 10.0. The lowest BCUT2D eigenvalue weighted by Crippen LogP contribution is -1.91. The maximum atomic E-state index is 13.8. The van der Waals surface area contributed by atoms with Crippen molar-refractivity contribution >= 4 is 0 Å². The second-order valence-corrected chi connectivity index (χ2v) is 5.30. The summed E-state index contributed by atoms with van der Waals surface area (Å²) < 4.78 is 27.5. The van der Waals surface area contributed by atoms with Gasteiger partial charge in [-0.25, -0.2) is 8.78 Å². The van der Waals surface area contributed by atoms with E-state index in [0.717, 1.165) is 11.1 Å². The van der Waals surface area contributed by atoms with Crippen LogP contribution >= 0.6 is 0 Å². The van der Waals surface area contributed by atoms with Crippen molar-refractivity contribution in [2.45, 2.75) is 6.92 Å². The topological polar surface area (TPSA) is 0 Å². The first-order valence-electron chi connectivity index (χ1n) is 7.26. The summed E-state index contributed by atoms with van der Waals surface area (Å²) in [7, 11) is 0. The Morgan fingerprint density at radius 3 is 1.87 bits per heavy atom. The van der Waals surface area contributed by atoms with Gasteiger partial charge in [0.2, 0.25) is 0 Å². The zero-order valence-electron chi connectivity index (χ0n) is 12.6. The summed E-state index contributed by atoms with van der Waals surface area (Å²) in [6, 6.07) is 20.1. The number of rotatable bonds is 1. The van der Waals surface area contributed by atoms with Crippen LogP contribution in [0.2, 0.25) is 0 Å². The van der Waals surface area contributed by atoms with Gasteiger partial charge in [0.05, 0.1) is 5.56 Å². The molecule has 0 N–H and O–H groups in total. The van der Waals surface area contributed by atoms with Crippen LogP contribution in [-0.2, 0) is 0 Å². The molecule has 0 radical (unpaired) electrons. The zero-order valence-corrected chi connectivity index (χ0v) is 12.6. The molecular weight excluding hydrogens is 290 g/mol. The van der Waals surface area contributed by atoms with E-state index in [1.807, 2.05) is 54.6 Å². The van der Waals surface area contributed by atoms with Crippen molar-refractivity contribution in [3.05, 3.63) is 95.1 Å². The van der Waals surface area contributed by atoms with Crippen molar-refractivity contribution in [2.24, 2.45) is 0 Å². The molecule has 3 aromatic carbocycles. The van der Waals surface area contributed by atoms with E-state index in [0.29, 0.717) is 11.1 Å². The number of aryl methyl sites for hydroxylation is 1. The lowest BCUT2D eigenvalue weighted by Gasteiger charge is -2.01. The van der Waals surface area contributed by atoms with E-state index >= 15 is 0 Å². The number of halogens is 2. The maximum Gasteiger partial charge on any atom is 0.142 e. The number of hydrogen-bond acceptors (Lipinski definition) is 0. The van der Waals surface area contributed by atoms with E-state index in [1.54, 1.807) is 6.92 Å². The van der Waals surface area contributed by atoms with E-state index in [9.17, 15) is 8.78 Å². The van der Waals surface area contributed by atoms with Gasteiger partial charge in [-0.05, 0) is 47.9 Å². The van der Waals surface area contributed by atoms with Gasteiger partial charge in [0, 0.05) is 5.56 Å². The minimum atomic E-state index is -0.629. The predicted octanol–water partition coefficient (Wildman–Crippen LogP) is 5.34.